The predicted molar refractivity (Wildman–Crippen MR) is 103 cm³/mol. The molecule has 0 aromatic heterocycles. The molecule has 134 valence electrons. The Kier molecular flexibility index (Phi) is 7.41. The van der Waals surface area contributed by atoms with Crippen LogP contribution in [0.25, 0.3) is 0 Å². The molecule has 0 bridgehead atoms. The molecule has 0 unspecified atom stereocenters. The molecule has 0 aliphatic rings. The average molecular weight is 362 g/mol. The van der Waals surface area contributed by atoms with Crippen molar-refractivity contribution < 1.29 is 9.47 Å². The Morgan fingerprint density at radius 3 is 2.44 bits per heavy atom. The number of hydrogen-bond acceptors (Lipinski definition) is 3. The fraction of sp³-hybridized carbons (Fsp3) is 0.316. The van der Waals surface area contributed by atoms with Gasteiger partial charge >= 0.3 is 0 Å². The Hall–Kier alpha value is -2.40. The van der Waals surface area contributed by atoms with Crippen LogP contribution < -0.4 is 20.1 Å². The minimum Gasteiger partial charge on any atom is -0.497 e. The Morgan fingerprint density at radius 2 is 1.80 bits per heavy atom. The minimum atomic E-state index is 0.680. The van der Waals surface area contributed by atoms with Crippen LogP contribution in [0.1, 0.15) is 11.1 Å². The van der Waals surface area contributed by atoms with Gasteiger partial charge in [-0.15, -0.1) is 0 Å². The predicted octanol–water partition coefficient (Wildman–Crippen LogP) is 3.26. The largest absolute Gasteiger partial charge is 0.497 e. The van der Waals surface area contributed by atoms with Crippen LogP contribution in [0.2, 0.25) is 5.02 Å². The smallest absolute Gasteiger partial charge is 0.191 e. The topological polar surface area (TPSA) is 54.9 Å². The van der Waals surface area contributed by atoms with Gasteiger partial charge in [-0.1, -0.05) is 23.7 Å². The molecule has 5 nitrogen and oxygen atoms in total. The van der Waals surface area contributed by atoms with Crippen LogP contribution >= 0.6 is 11.6 Å². The van der Waals surface area contributed by atoms with Crippen LogP contribution in [0.4, 0.5) is 0 Å². The third kappa shape index (κ3) is 5.87. The zero-order valence-corrected chi connectivity index (χ0v) is 15.6. The van der Waals surface area contributed by atoms with Gasteiger partial charge in [-0.25, -0.2) is 0 Å². The second-order valence-electron chi connectivity index (χ2n) is 5.41. The van der Waals surface area contributed by atoms with E-state index in [2.05, 4.69) is 15.6 Å². The molecule has 2 aromatic carbocycles. The molecule has 0 spiro atoms. The number of ether oxygens (including phenoxy) is 2. The highest BCUT2D eigenvalue weighted by Crippen LogP contribution is 2.24. The second-order valence-corrected chi connectivity index (χ2v) is 5.84. The Balaban J connectivity index is 1.85. The molecule has 2 aromatic rings. The van der Waals surface area contributed by atoms with E-state index in [0.717, 1.165) is 46.6 Å². The Bertz CT molecular complexity index is 702. The summed E-state index contributed by atoms with van der Waals surface area (Å²) in [5, 5.41) is 7.32. The van der Waals surface area contributed by atoms with Gasteiger partial charge in [0.05, 0.1) is 14.2 Å². The second kappa shape index (κ2) is 9.79. The number of benzene rings is 2. The summed E-state index contributed by atoms with van der Waals surface area (Å²) < 4.78 is 10.7. The molecule has 0 amide bonds. The molecule has 0 saturated carbocycles. The summed E-state index contributed by atoms with van der Waals surface area (Å²) in [7, 11) is 5.08. The van der Waals surface area contributed by atoms with Crippen LogP contribution in [-0.2, 0) is 13.0 Å². The molecule has 0 radical (unpaired) electrons. The van der Waals surface area contributed by atoms with Gasteiger partial charge in [0.25, 0.3) is 0 Å². The molecule has 25 heavy (non-hydrogen) atoms. The first kappa shape index (κ1) is 18.9. The Labute approximate surface area is 154 Å². The molecule has 0 heterocycles. The summed E-state index contributed by atoms with van der Waals surface area (Å²) in [6.07, 6.45) is 0.794. The van der Waals surface area contributed by atoms with Crippen LogP contribution in [0.5, 0.6) is 11.5 Å². The lowest BCUT2D eigenvalue weighted by atomic mass is 10.1. The van der Waals surface area contributed by atoms with Gasteiger partial charge in [-0.2, -0.15) is 0 Å². The molecule has 0 aliphatic heterocycles. The Morgan fingerprint density at radius 1 is 1.04 bits per heavy atom. The third-order valence-corrected chi connectivity index (χ3v) is 4.02. The van der Waals surface area contributed by atoms with E-state index in [9.17, 15) is 0 Å². The van der Waals surface area contributed by atoms with Crippen LogP contribution in [0.3, 0.4) is 0 Å². The number of hydrogen-bond donors (Lipinski definition) is 2. The van der Waals surface area contributed by atoms with Crippen molar-refractivity contribution in [3.05, 3.63) is 58.6 Å². The van der Waals surface area contributed by atoms with Crippen LogP contribution in [-0.4, -0.2) is 33.8 Å². The van der Waals surface area contributed by atoms with E-state index in [4.69, 9.17) is 21.1 Å². The fourth-order valence-electron chi connectivity index (χ4n) is 2.40. The molecule has 0 aliphatic carbocycles. The molecule has 6 heteroatoms. The summed E-state index contributed by atoms with van der Waals surface area (Å²) in [4.78, 5) is 4.24. The van der Waals surface area contributed by atoms with Crippen LogP contribution in [0, 0.1) is 0 Å². The number of nitrogens with zero attached hydrogens (tertiary/aromatic N) is 1. The van der Waals surface area contributed by atoms with E-state index in [1.807, 2.05) is 42.5 Å². The maximum Gasteiger partial charge on any atom is 0.191 e. The first-order valence-corrected chi connectivity index (χ1v) is 8.44. The van der Waals surface area contributed by atoms with Crippen molar-refractivity contribution in [2.24, 2.45) is 4.99 Å². The van der Waals surface area contributed by atoms with Crippen molar-refractivity contribution in [3.63, 3.8) is 0 Å². The molecule has 0 saturated heterocycles. The van der Waals surface area contributed by atoms with E-state index in [1.54, 1.807) is 21.3 Å². The maximum absolute atomic E-state index is 5.90. The van der Waals surface area contributed by atoms with E-state index in [0.29, 0.717) is 6.54 Å². The summed E-state index contributed by atoms with van der Waals surface area (Å²) >= 11 is 5.90. The molecular weight excluding hydrogens is 338 g/mol. The van der Waals surface area contributed by atoms with Gasteiger partial charge in [-0.3, -0.25) is 4.99 Å². The quantitative estimate of drug-likeness (QED) is 0.587. The lowest BCUT2D eigenvalue weighted by Crippen LogP contribution is -2.37. The summed E-state index contributed by atoms with van der Waals surface area (Å²) in [5.41, 5.74) is 2.23. The summed E-state index contributed by atoms with van der Waals surface area (Å²) in [6.45, 7) is 1.41. The van der Waals surface area contributed by atoms with E-state index >= 15 is 0 Å². The fourth-order valence-corrected chi connectivity index (χ4v) is 2.53. The lowest BCUT2D eigenvalue weighted by Gasteiger charge is -2.14. The SMILES string of the molecule is CN=C(NCCc1cc(OC)ccc1OC)NCc1ccc(Cl)cc1. The molecular formula is C19H24ClN3O2. The van der Waals surface area contributed by atoms with Crippen molar-refractivity contribution in [2.75, 3.05) is 27.8 Å². The van der Waals surface area contributed by atoms with Gasteiger partial charge in [0.15, 0.2) is 5.96 Å². The van der Waals surface area contributed by atoms with E-state index in [-0.39, 0.29) is 0 Å². The van der Waals surface area contributed by atoms with E-state index in [1.165, 1.54) is 0 Å². The van der Waals surface area contributed by atoms with Crippen molar-refractivity contribution in [1.82, 2.24) is 10.6 Å². The van der Waals surface area contributed by atoms with Gasteiger partial charge in [0.1, 0.15) is 11.5 Å². The highest BCUT2D eigenvalue weighted by molar-refractivity contribution is 6.30. The van der Waals surface area contributed by atoms with Crippen molar-refractivity contribution in [2.45, 2.75) is 13.0 Å². The maximum atomic E-state index is 5.90. The number of rotatable bonds is 7. The number of aliphatic imine (C=N–C) groups is 1. The van der Waals surface area contributed by atoms with Crippen molar-refractivity contribution in [3.8, 4) is 11.5 Å². The average Bonchev–Trinajstić information content (AvgIpc) is 2.65. The highest BCUT2D eigenvalue weighted by atomic mass is 35.5. The lowest BCUT2D eigenvalue weighted by molar-refractivity contribution is 0.398. The van der Waals surface area contributed by atoms with E-state index < -0.39 is 0 Å². The van der Waals surface area contributed by atoms with Gasteiger partial charge in [-0.05, 0) is 47.9 Å². The number of nitrogens with one attached hydrogen (secondary N) is 2. The van der Waals surface area contributed by atoms with Crippen molar-refractivity contribution >= 4 is 17.6 Å². The number of guanidine groups is 1. The van der Waals surface area contributed by atoms with Gasteiger partial charge < -0.3 is 20.1 Å². The number of halogens is 1. The first-order valence-electron chi connectivity index (χ1n) is 8.06. The zero-order chi connectivity index (χ0) is 18.1. The minimum absolute atomic E-state index is 0.680. The normalized spacial score (nSPS) is 11.1. The van der Waals surface area contributed by atoms with Gasteiger partial charge in [0.2, 0.25) is 0 Å². The monoisotopic (exact) mass is 361 g/mol. The first-order chi connectivity index (χ1) is 12.2. The summed E-state index contributed by atoms with van der Waals surface area (Å²) in [5.74, 6) is 2.42. The van der Waals surface area contributed by atoms with Crippen molar-refractivity contribution in [1.29, 1.82) is 0 Å². The molecule has 0 fully saturated rings. The molecule has 2 rings (SSSR count). The molecule has 0 atom stereocenters. The molecule has 2 N–H and O–H groups in total. The summed E-state index contributed by atoms with van der Waals surface area (Å²) in [6, 6.07) is 13.5. The van der Waals surface area contributed by atoms with Crippen LogP contribution in [0.15, 0.2) is 47.5 Å². The third-order valence-electron chi connectivity index (χ3n) is 3.77. The zero-order valence-electron chi connectivity index (χ0n) is 14.8. The standard InChI is InChI=1S/C19H24ClN3O2/c1-21-19(23-13-14-4-6-16(20)7-5-14)22-11-10-15-12-17(24-2)8-9-18(15)25-3/h4-9,12H,10-11,13H2,1-3H3,(H2,21,22,23). The number of methoxy groups -OCH3 is 2. The van der Waals surface area contributed by atoms with Gasteiger partial charge in [0, 0.05) is 25.2 Å². The highest BCUT2D eigenvalue weighted by Gasteiger charge is 2.06.